The van der Waals surface area contributed by atoms with Crippen LogP contribution in [-0.4, -0.2) is 6.61 Å². The third-order valence-corrected chi connectivity index (χ3v) is 4.75. The van der Waals surface area contributed by atoms with Crippen molar-refractivity contribution < 1.29 is 9.13 Å². The first-order chi connectivity index (χ1) is 10.7. The fourth-order valence-corrected chi connectivity index (χ4v) is 3.46. The summed E-state index contributed by atoms with van der Waals surface area (Å²) in [5.41, 5.74) is 0.0659. The average molecular weight is 303 g/mol. The fourth-order valence-electron chi connectivity index (χ4n) is 3.46. The van der Waals surface area contributed by atoms with Crippen molar-refractivity contribution in [3.63, 3.8) is 0 Å². The van der Waals surface area contributed by atoms with E-state index >= 15 is 0 Å². The van der Waals surface area contributed by atoms with E-state index in [1.807, 2.05) is 6.07 Å². The highest BCUT2D eigenvalue weighted by Gasteiger charge is 2.20. The summed E-state index contributed by atoms with van der Waals surface area (Å²) in [6.45, 7) is 2.90. The monoisotopic (exact) mass is 303 g/mol. The summed E-state index contributed by atoms with van der Waals surface area (Å²) in [6.07, 6.45) is 10.4. The Labute approximate surface area is 133 Å². The second-order valence-electron chi connectivity index (χ2n) is 6.42. The minimum atomic E-state index is -0.505. The molecule has 0 amide bonds. The van der Waals surface area contributed by atoms with Gasteiger partial charge in [0.15, 0.2) is 0 Å². The maximum atomic E-state index is 13.4. The summed E-state index contributed by atoms with van der Waals surface area (Å²) in [7, 11) is 0. The van der Waals surface area contributed by atoms with Gasteiger partial charge in [0.25, 0.3) is 0 Å². The Morgan fingerprint density at radius 1 is 1.18 bits per heavy atom. The van der Waals surface area contributed by atoms with Gasteiger partial charge in [-0.15, -0.1) is 0 Å². The second kappa shape index (κ2) is 8.78. The van der Waals surface area contributed by atoms with Crippen LogP contribution in [0.4, 0.5) is 4.39 Å². The molecule has 0 aromatic heterocycles. The summed E-state index contributed by atoms with van der Waals surface area (Å²) in [4.78, 5) is 0. The zero-order valence-electron chi connectivity index (χ0n) is 13.5. The molecular formula is C19H26FNO. The summed E-state index contributed by atoms with van der Waals surface area (Å²) in [5, 5.41) is 8.69. The van der Waals surface area contributed by atoms with Gasteiger partial charge in [0.2, 0.25) is 0 Å². The lowest BCUT2D eigenvalue weighted by molar-refractivity contribution is 0.230. The van der Waals surface area contributed by atoms with E-state index in [0.29, 0.717) is 12.4 Å². The quantitative estimate of drug-likeness (QED) is 0.626. The molecular weight excluding hydrogens is 277 g/mol. The zero-order chi connectivity index (χ0) is 15.8. The molecule has 1 fully saturated rings. The summed E-state index contributed by atoms with van der Waals surface area (Å²) >= 11 is 0. The van der Waals surface area contributed by atoms with Gasteiger partial charge in [-0.3, -0.25) is 0 Å². The highest BCUT2D eigenvalue weighted by molar-refractivity contribution is 5.36. The van der Waals surface area contributed by atoms with Gasteiger partial charge in [-0.05, 0) is 36.8 Å². The van der Waals surface area contributed by atoms with E-state index in [4.69, 9.17) is 10.00 Å². The molecule has 0 atom stereocenters. The van der Waals surface area contributed by atoms with Crippen LogP contribution < -0.4 is 4.74 Å². The summed E-state index contributed by atoms with van der Waals surface area (Å²) < 4.78 is 19.0. The van der Waals surface area contributed by atoms with Crippen molar-refractivity contribution in [1.29, 1.82) is 5.26 Å². The number of hydrogen-bond acceptors (Lipinski definition) is 2. The summed E-state index contributed by atoms with van der Waals surface area (Å²) in [5.74, 6) is 1.81. The molecule has 0 saturated heterocycles. The van der Waals surface area contributed by atoms with Crippen LogP contribution in [-0.2, 0) is 0 Å². The lowest BCUT2D eigenvalue weighted by Gasteiger charge is -2.28. The van der Waals surface area contributed by atoms with Gasteiger partial charge < -0.3 is 4.74 Å². The number of benzene rings is 1. The van der Waals surface area contributed by atoms with Crippen LogP contribution in [0, 0.1) is 29.0 Å². The van der Waals surface area contributed by atoms with E-state index in [-0.39, 0.29) is 5.56 Å². The van der Waals surface area contributed by atoms with Gasteiger partial charge >= 0.3 is 0 Å². The van der Waals surface area contributed by atoms with Crippen molar-refractivity contribution in [2.45, 2.75) is 58.3 Å². The smallest absolute Gasteiger partial charge is 0.144 e. The SMILES string of the molecule is CCC[C@H]1CC[C@H](CCCOc2ccc(C#N)c(F)c2)CC1. The van der Waals surface area contributed by atoms with E-state index in [1.165, 1.54) is 57.1 Å². The maximum Gasteiger partial charge on any atom is 0.144 e. The Morgan fingerprint density at radius 3 is 2.45 bits per heavy atom. The minimum absolute atomic E-state index is 0.0659. The predicted molar refractivity (Wildman–Crippen MR) is 86.2 cm³/mol. The number of ether oxygens (including phenoxy) is 1. The molecule has 120 valence electrons. The predicted octanol–water partition coefficient (Wildman–Crippen LogP) is 5.46. The first-order valence-electron chi connectivity index (χ1n) is 8.55. The van der Waals surface area contributed by atoms with E-state index in [2.05, 4.69) is 6.92 Å². The fraction of sp³-hybridized carbons (Fsp3) is 0.632. The van der Waals surface area contributed by atoms with Crippen LogP contribution in [0.25, 0.3) is 0 Å². The molecule has 0 N–H and O–H groups in total. The third kappa shape index (κ3) is 5.02. The molecule has 0 bridgehead atoms. The van der Waals surface area contributed by atoms with Crippen LogP contribution in [0.1, 0.15) is 63.9 Å². The van der Waals surface area contributed by atoms with Crippen molar-refractivity contribution >= 4 is 0 Å². The standard InChI is InChI=1S/C19H26FNO/c1-2-4-15-6-8-16(9-7-15)5-3-12-22-18-11-10-17(14-21)19(20)13-18/h10-11,13,15-16H,2-9,12H2,1H3/t15-,16-. The average Bonchev–Trinajstić information content (AvgIpc) is 2.53. The van der Waals surface area contributed by atoms with E-state index in [9.17, 15) is 4.39 Å². The van der Waals surface area contributed by atoms with Crippen LogP contribution in [0.2, 0.25) is 0 Å². The van der Waals surface area contributed by atoms with Crippen molar-refractivity contribution in [1.82, 2.24) is 0 Å². The molecule has 1 aromatic rings. The van der Waals surface area contributed by atoms with Gasteiger partial charge in [-0.2, -0.15) is 5.26 Å². The van der Waals surface area contributed by atoms with Gasteiger partial charge in [-0.1, -0.05) is 45.4 Å². The first-order valence-corrected chi connectivity index (χ1v) is 8.55. The molecule has 0 unspecified atom stereocenters. The van der Waals surface area contributed by atoms with Crippen LogP contribution >= 0.6 is 0 Å². The zero-order valence-corrected chi connectivity index (χ0v) is 13.5. The Balaban J connectivity index is 1.64. The molecule has 2 rings (SSSR count). The molecule has 1 saturated carbocycles. The Morgan fingerprint density at radius 2 is 1.86 bits per heavy atom. The number of nitriles is 1. The summed E-state index contributed by atoms with van der Waals surface area (Å²) in [6, 6.07) is 6.25. The normalized spacial score (nSPS) is 21.3. The van der Waals surface area contributed by atoms with E-state index in [1.54, 1.807) is 6.07 Å². The second-order valence-corrected chi connectivity index (χ2v) is 6.42. The van der Waals surface area contributed by atoms with Crippen LogP contribution in [0.5, 0.6) is 5.75 Å². The molecule has 1 aliphatic rings. The number of halogens is 1. The van der Waals surface area contributed by atoms with Gasteiger partial charge in [0.05, 0.1) is 12.2 Å². The van der Waals surface area contributed by atoms with Crippen molar-refractivity contribution in [2.75, 3.05) is 6.61 Å². The van der Waals surface area contributed by atoms with E-state index in [0.717, 1.165) is 18.3 Å². The maximum absolute atomic E-state index is 13.4. The highest BCUT2D eigenvalue weighted by Crippen LogP contribution is 2.33. The largest absolute Gasteiger partial charge is 0.493 e. The number of nitrogens with zero attached hydrogens (tertiary/aromatic N) is 1. The lowest BCUT2D eigenvalue weighted by Crippen LogP contribution is -2.15. The third-order valence-electron chi connectivity index (χ3n) is 4.75. The van der Waals surface area contributed by atoms with Crippen molar-refractivity contribution in [3.8, 4) is 11.8 Å². The van der Waals surface area contributed by atoms with E-state index < -0.39 is 5.82 Å². The molecule has 2 nitrogen and oxygen atoms in total. The van der Waals surface area contributed by atoms with Gasteiger partial charge in [0.1, 0.15) is 17.6 Å². The minimum Gasteiger partial charge on any atom is -0.493 e. The molecule has 0 spiro atoms. The Kier molecular flexibility index (Phi) is 6.71. The number of rotatable bonds is 7. The Hall–Kier alpha value is -1.56. The van der Waals surface area contributed by atoms with Crippen LogP contribution in [0.3, 0.4) is 0 Å². The molecule has 0 heterocycles. The lowest BCUT2D eigenvalue weighted by atomic mass is 9.78. The van der Waals surface area contributed by atoms with Crippen molar-refractivity contribution in [3.05, 3.63) is 29.6 Å². The first kappa shape index (κ1) is 16.8. The highest BCUT2D eigenvalue weighted by atomic mass is 19.1. The van der Waals surface area contributed by atoms with Gasteiger partial charge in [-0.25, -0.2) is 4.39 Å². The molecule has 1 aromatic carbocycles. The molecule has 0 aliphatic heterocycles. The molecule has 3 heteroatoms. The van der Waals surface area contributed by atoms with Crippen LogP contribution in [0.15, 0.2) is 18.2 Å². The topological polar surface area (TPSA) is 33.0 Å². The number of hydrogen-bond donors (Lipinski definition) is 0. The molecule has 1 aliphatic carbocycles. The van der Waals surface area contributed by atoms with Crippen molar-refractivity contribution in [2.24, 2.45) is 11.8 Å². The molecule has 0 radical (unpaired) electrons. The molecule has 22 heavy (non-hydrogen) atoms. The van der Waals surface area contributed by atoms with Gasteiger partial charge in [0, 0.05) is 6.07 Å². The Bertz CT molecular complexity index is 501.